The Kier molecular flexibility index (Phi) is 4.26. The summed E-state index contributed by atoms with van der Waals surface area (Å²) in [6.07, 6.45) is 0.930. The van der Waals surface area contributed by atoms with Gasteiger partial charge in [0.1, 0.15) is 16.4 Å². The smallest absolute Gasteiger partial charge is 0.243 e. The van der Waals surface area contributed by atoms with Crippen LogP contribution in [0, 0.1) is 11.6 Å². The number of ether oxygens (including phenoxy) is 1. The molecule has 5 nitrogen and oxygen atoms in total. The fraction of sp³-hybridized carbons (Fsp3) is 0.500. The largest absolute Gasteiger partial charge is 0.394 e. The first-order valence-corrected chi connectivity index (χ1v) is 7.67. The monoisotopic (exact) mass is 306 g/mol. The Morgan fingerprint density at radius 3 is 2.75 bits per heavy atom. The highest BCUT2D eigenvalue weighted by Crippen LogP contribution is 2.24. The van der Waals surface area contributed by atoms with Gasteiger partial charge in [0, 0.05) is 12.6 Å². The maximum absolute atomic E-state index is 13.8. The molecular formula is C12H16F2N2O3S. The number of hydrogen-bond acceptors (Lipinski definition) is 4. The average Bonchev–Trinajstić information content (AvgIpc) is 2.35. The maximum Gasteiger partial charge on any atom is 0.243 e. The lowest BCUT2D eigenvalue weighted by molar-refractivity contribution is 0.0173. The molecule has 1 saturated heterocycles. The third-order valence-corrected chi connectivity index (χ3v) is 4.73. The fourth-order valence-electron chi connectivity index (χ4n) is 2.14. The van der Waals surface area contributed by atoms with E-state index in [9.17, 15) is 17.2 Å². The zero-order valence-electron chi connectivity index (χ0n) is 10.9. The zero-order chi connectivity index (χ0) is 14.9. The van der Waals surface area contributed by atoms with Crippen molar-refractivity contribution in [1.82, 2.24) is 4.72 Å². The molecule has 1 aromatic rings. The van der Waals surface area contributed by atoms with Crippen LogP contribution in [0.25, 0.3) is 0 Å². The van der Waals surface area contributed by atoms with Gasteiger partial charge in [-0.3, -0.25) is 0 Å². The number of nitrogen functional groups attached to an aromatic ring is 1. The Morgan fingerprint density at radius 1 is 1.40 bits per heavy atom. The second kappa shape index (κ2) is 5.63. The van der Waals surface area contributed by atoms with Gasteiger partial charge >= 0.3 is 0 Å². The highest BCUT2D eigenvalue weighted by atomic mass is 32.2. The molecule has 0 spiro atoms. The molecule has 0 radical (unpaired) electrons. The number of sulfonamides is 1. The Labute approximate surface area is 116 Å². The normalized spacial score (nSPS) is 23.8. The van der Waals surface area contributed by atoms with Gasteiger partial charge in [0.25, 0.3) is 0 Å². The number of benzene rings is 1. The molecule has 0 amide bonds. The molecule has 20 heavy (non-hydrogen) atoms. The third kappa shape index (κ3) is 3.08. The molecular weight excluding hydrogens is 290 g/mol. The van der Waals surface area contributed by atoms with Crippen molar-refractivity contribution in [3.8, 4) is 0 Å². The molecule has 2 atom stereocenters. The predicted octanol–water partition coefficient (Wildman–Crippen LogP) is 1.39. The summed E-state index contributed by atoms with van der Waals surface area (Å²) in [6, 6.07) is 1.36. The van der Waals surface area contributed by atoms with Gasteiger partial charge in [-0.2, -0.15) is 0 Å². The molecule has 8 heteroatoms. The zero-order valence-corrected chi connectivity index (χ0v) is 11.7. The van der Waals surface area contributed by atoms with E-state index >= 15 is 0 Å². The maximum atomic E-state index is 13.8. The van der Waals surface area contributed by atoms with E-state index in [4.69, 9.17) is 10.5 Å². The molecule has 2 rings (SSSR count). The van der Waals surface area contributed by atoms with Crippen LogP contribution in [0.3, 0.4) is 0 Å². The summed E-state index contributed by atoms with van der Waals surface area (Å²) in [7, 11) is -4.08. The number of nitrogens with two attached hydrogens (primary N) is 1. The Balaban J connectivity index is 2.25. The molecule has 0 saturated carbocycles. The van der Waals surface area contributed by atoms with Crippen molar-refractivity contribution in [2.75, 3.05) is 12.3 Å². The summed E-state index contributed by atoms with van der Waals surface area (Å²) in [5, 5.41) is 0. The van der Waals surface area contributed by atoms with Crippen molar-refractivity contribution >= 4 is 15.7 Å². The van der Waals surface area contributed by atoms with Crippen LogP contribution in [0.2, 0.25) is 0 Å². The summed E-state index contributed by atoms with van der Waals surface area (Å²) in [5.74, 6) is -2.25. The lowest BCUT2D eigenvalue weighted by Gasteiger charge is -2.27. The minimum absolute atomic E-state index is 0.0698. The topological polar surface area (TPSA) is 81.4 Å². The van der Waals surface area contributed by atoms with E-state index < -0.39 is 32.2 Å². The number of hydrogen-bond donors (Lipinski definition) is 2. The van der Waals surface area contributed by atoms with Crippen LogP contribution in [0.1, 0.15) is 19.8 Å². The van der Waals surface area contributed by atoms with Crippen LogP contribution in [0.15, 0.2) is 17.0 Å². The quantitative estimate of drug-likeness (QED) is 0.827. The van der Waals surface area contributed by atoms with Crippen LogP contribution in [-0.4, -0.2) is 27.2 Å². The molecule has 1 aromatic carbocycles. The molecule has 2 unspecified atom stereocenters. The first-order valence-electron chi connectivity index (χ1n) is 6.18. The molecule has 0 aliphatic carbocycles. The lowest BCUT2D eigenvalue weighted by atomic mass is 10.1. The highest BCUT2D eigenvalue weighted by Gasteiger charge is 2.28. The summed E-state index contributed by atoms with van der Waals surface area (Å²) in [6.45, 7) is 2.26. The van der Waals surface area contributed by atoms with Crippen molar-refractivity contribution in [1.29, 1.82) is 0 Å². The van der Waals surface area contributed by atoms with Crippen LogP contribution in [-0.2, 0) is 14.8 Å². The Hall–Kier alpha value is -1.25. The number of nitrogens with one attached hydrogen (secondary N) is 1. The summed E-state index contributed by atoms with van der Waals surface area (Å²) in [4.78, 5) is -0.643. The predicted molar refractivity (Wildman–Crippen MR) is 69.5 cm³/mol. The third-order valence-electron chi connectivity index (χ3n) is 3.19. The summed E-state index contributed by atoms with van der Waals surface area (Å²) >= 11 is 0. The molecule has 1 fully saturated rings. The second-order valence-corrected chi connectivity index (χ2v) is 6.48. The summed E-state index contributed by atoms with van der Waals surface area (Å²) < 4.78 is 58.8. The minimum Gasteiger partial charge on any atom is -0.394 e. The number of rotatable bonds is 3. The van der Waals surface area contributed by atoms with Gasteiger partial charge in [-0.15, -0.1) is 0 Å². The lowest BCUT2D eigenvalue weighted by Crippen LogP contribution is -2.41. The van der Waals surface area contributed by atoms with Crippen LogP contribution < -0.4 is 10.5 Å². The van der Waals surface area contributed by atoms with Gasteiger partial charge in [0.2, 0.25) is 10.0 Å². The molecule has 1 aliphatic rings. The van der Waals surface area contributed by atoms with Crippen molar-refractivity contribution in [3.63, 3.8) is 0 Å². The molecule has 1 heterocycles. The van der Waals surface area contributed by atoms with Crippen molar-refractivity contribution in [3.05, 3.63) is 23.8 Å². The van der Waals surface area contributed by atoms with E-state index in [2.05, 4.69) is 4.72 Å². The Bertz CT molecular complexity index is 607. The molecule has 3 N–H and O–H groups in total. The van der Waals surface area contributed by atoms with E-state index in [1.165, 1.54) is 0 Å². The van der Waals surface area contributed by atoms with Gasteiger partial charge in [0.05, 0.1) is 6.10 Å². The van der Waals surface area contributed by atoms with Crippen molar-refractivity contribution in [2.45, 2.75) is 36.8 Å². The molecule has 0 aromatic heterocycles. The second-order valence-electron chi connectivity index (χ2n) is 4.80. The van der Waals surface area contributed by atoms with E-state index in [1.54, 1.807) is 0 Å². The number of halogens is 2. The average molecular weight is 306 g/mol. The molecule has 0 bridgehead atoms. The highest BCUT2D eigenvalue weighted by molar-refractivity contribution is 7.89. The van der Waals surface area contributed by atoms with Gasteiger partial charge in [-0.1, -0.05) is 0 Å². The van der Waals surface area contributed by atoms with Crippen LogP contribution >= 0.6 is 0 Å². The minimum atomic E-state index is -4.08. The number of anilines is 1. The van der Waals surface area contributed by atoms with E-state index in [0.717, 1.165) is 12.1 Å². The van der Waals surface area contributed by atoms with E-state index in [1.807, 2.05) is 6.92 Å². The van der Waals surface area contributed by atoms with Crippen molar-refractivity contribution in [2.24, 2.45) is 0 Å². The summed E-state index contributed by atoms with van der Waals surface area (Å²) in [5.41, 5.74) is 4.37. The van der Waals surface area contributed by atoms with Gasteiger partial charge in [-0.05, 0) is 31.9 Å². The van der Waals surface area contributed by atoms with Crippen LogP contribution in [0.5, 0.6) is 0 Å². The fourth-order valence-corrected chi connectivity index (χ4v) is 3.52. The van der Waals surface area contributed by atoms with Gasteiger partial charge in [0.15, 0.2) is 5.82 Å². The van der Waals surface area contributed by atoms with Crippen LogP contribution in [0.4, 0.5) is 14.5 Å². The van der Waals surface area contributed by atoms with Gasteiger partial charge in [-0.25, -0.2) is 21.9 Å². The van der Waals surface area contributed by atoms with Gasteiger partial charge < -0.3 is 10.5 Å². The standard InChI is InChI=1S/C12H16F2N2O3S/c1-7-6-8(4-5-19-7)16-20(17,18)10-3-2-9(13)12(15)11(10)14/h2-3,7-8,16H,4-6,15H2,1H3. The molecule has 112 valence electrons. The first-order chi connectivity index (χ1) is 9.31. The first kappa shape index (κ1) is 15.1. The molecule has 1 aliphatic heterocycles. The Morgan fingerprint density at radius 2 is 2.10 bits per heavy atom. The van der Waals surface area contributed by atoms with Crippen molar-refractivity contribution < 1.29 is 21.9 Å². The SMILES string of the molecule is CC1CC(NS(=O)(=O)c2ccc(F)c(N)c2F)CCO1. The van der Waals surface area contributed by atoms with E-state index in [0.29, 0.717) is 19.4 Å². The van der Waals surface area contributed by atoms with E-state index in [-0.39, 0.29) is 12.1 Å².